The van der Waals surface area contributed by atoms with Gasteiger partial charge in [0, 0.05) is 18.8 Å². The molecule has 18 heavy (non-hydrogen) atoms. The first kappa shape index (κ1) is 11.4. The van der Waals surface area contributed by atoms with Crippen LogP contribution in [0.1, 0.15) is 23.5 Å². The lowest BCUT2D eigenvalue weighted by Crippen LogP contribution is -2.14. The number of hydrogen-bond acceptors (Lipinski definition) is 2. The van der Waals surface area contributed by atoms with E-state index in [1.165, 1.54) is 5.56 Å². The summed E-state index contributed by atoms with van der Waals surface area (Å²) in [7, 11) is 0. The highest BCUT2D eigenvalue weighted by Crippen LogP contribution is 2.49. The summed E-state index contributed by atoms with van der Waals surface area (Å²) in [5, 5.41) is 10.2. The fraction of sp³-hybridized carbons (Fsp3) is 0.312. The van der Waals surface area contributed by atoms with Crippen molar-refractivity contribution in [2.24, 2.45) is 5.92 Å². The van der Waals surface area contributed by atoms with Gasteiger partial charge in [0.05, 0.1) is 6.10 Å². The van der Waals surface area contributed by atoms with Crippen LogP contribution in [-0.2, 0) is 6.42 Å². The van der Waals surface area contributed by atoms with Gasteiger partial charge in [-0.2, -0.15) is 0 Å². The molecule has 1 heterocycles. The number of aliphatic hydroxyl groups is 1. The van der Waals surface area contributed by atoms with E-state index in [2.05, 4.69) is 29.2 Å². The van der Waals surface area contributed by atoms with Crippen molar-refractivity contribution in [2.45, 2.75) is 24.9 Å². The number of benzene rings is 1. The largest absolute Gasteiger partial charge is 0.392 e. The van der Waals surface area contributed by atoms with E-state index in [0.717, 1.165) is 12.0 Å². The topological polar surface area (TPSA) is 33.1 Å². The van der Waals surface area contributed by atoms with Gasteiger partial charge in [0.25, 0.3) is 0 Å². The maximum Gasteiger partial charge on any atom is 0.0615 e. The molecule has 1 aromatic heterocycles. The van der Waals surface area contributed by atoms with Crippen molar-refractivity contribution >= 4 is 0 Å². The Morgan fingerprint density at radius 3 is 2.72 bits per heavy atom. The van der Waals surface area contributed by atoms with Crippen LogP contribution in [0.15, 0.2) is 54.9 Å². The van der Waals surface area contributed by atoms with Gasteiger partial charge in [0.2, 0.25) is 0 Å². The van der Waals surface area contributed by atoms with E-state index < -0.39 is 0 Å². The minimum absolute atomic E-state index is 0.251. The average Bonchev–Trinajstić information content (AvgIpc) is 3.21. The molecule has 1 aliphatic rings. The van der Waals surface area contributed by atoms with Gasteiger partial charge in [0.15, 0.2) is 0 Å². The van der Waals surface area contributed by atoms with Crippen molar-refractivity contribution in [1.82, 2.24) is 4.98 Å². The molecule has 1 aromatic carbocycles. The minimum atomic E-state index is -0.251. The third kappa shape index (κ3) is 2.44. The lowest BCUT2D eigenvalue weighted by Gasteiger charge is -2.10. The Bertz CT molecular complexity index is 497. The van der Waals surface area contributed by atoms with Gasteiger partial charge in [-0.1, -0.05) is 36.4 Å². The van der Waals surface area contributed by atoms with Gasteiger partial charge in [-0.3, -0.25) is 4.98 Å². The standard InChI is InChI=1S/C16H17NO/c18-16(9-12-5-4-8-17-11-12)15-10-14(15)13-6-2-1-3-7-13/h1-8,11,14-16,18H,9-10H2. The first-order chi connectivity index (χ1) is 8.84. The van der Waals surface area contributed by atoms with Gasteiger partial charge in [-0.05, 0) is 35.4 Å². The van der Waals surface area contributed by atoms with E-state index in [4.69, 9.17) is 0 Å². The molecular formula is C16H17NO. The molecule has 1 N–H and O–H groups in total. The molecule has 3 unspecified atom stereocenters. The fourth-order valence-corrected chi connectivity index (χ4v) is 2.64. The summed E-state index contributed by atoms with van der Waals surface area (Å²) in [6.45, 7) is 0. The lowest BCUT2D eigenvalue weighted by atomic mass is 10.0. The molecule has 0 saturated heterocycles. The Labute approximate surface area is 107 Å². The molecule has 2 aromatic rings. The molecule has 3 rings (SSSR count). The zero-order chi connectivity index (χ0) is 12.4. The highest BCUT2D eigenvalue weighted by Gasteiger charge is 2.42. The van der Waals surface area contributed by atoms with Crippen molar-refractivity contribution in [2.75, 3.05) is 0 Å². The molecule has 0 spiro atoms. The second-order valence-corrected chi connectivity index (χ2v) is 5.05. The number of aromatic nitrogens is 1. The maximum atomic E-state index is 10.2. The van der Waals surface area contributed by atoms with Crippen LogP contribution < -0.4 is 0 Å². The first-order valence-electron chi connectivity index (χ1n) is 6.46. The van der Waals surface area contributed by atoms with Crippen LogP contribution in [0.4, 0.5) is 0 Å². The van der Waals surface area contributed by atoms with Gasteiger partial charge >= 0.3 is 0 Å². The number of aliphatic hydroxyl groups excluding tert-OH is 1. The summed E-state index contributed by atoms with van der Waals surface area (Å²) in [5.74, 6) is 0.950. The molecule has 0 amide bonds. The van der Waals surface area contributed by atoms with Crippen LogP contribution in [-0.4, -0.2) is 16.2 Å². The van der Waals surface area contributed by atoms with Gasteiger partial charge in [-0.25, -0.2) is 0 Å². The Morgan fingerprint density at radius 2 is 2.00 bits per heavy atom. The number of nitrogens with zero attached hydrogens (tertiary/aromatic N) is 1. The van der Waals surface area contributed by atoms with E-state index in [1.807, 2.05) is 24.4 Å². The normalized spacial score (nSPS) is 23.6. The molecule has 92 valence electrons. The van der Waals surface area contributed by atoms with Crippen molar-refractivity contribution in [3.05, 3.63) is 66.0 Å². The van der Waals surface area contributed by atoms with E-state index >= 15 is 0 Å². The third-order valence-electron chi connectivity index (χ3n) is 3.73. The summed E-state index contributed by atoms with van der Waals surface area (Å²) in [5.41, 5.74) is 2.47. The van der Waals surface area contributed by atoms with Crippen LogP contribution in [0.3, 0.4) is 0 Å². The van der Waals surface area contributed by atoms with Gasteiger partial charge in [-0.15, -0.1) is 0 Å². The van der Waals surface area contributed by atoms with Crippen LogP contribution in [0.2, 0.25) is 0 Å². The molecule has 1 saturated carbocycles. The highest BCUT2D eigenvalue weighted by molar-refractivity contribution is 5.26. The van der Waals surface area contributed by atoms with Crippen LogP contribution in [0.5, 0.6) is 0 Å². The van der Waals surface area contributed by atoms with E-state index in [1.54, 1.807) is 6.20 Å². The Balaban J connectivity index is 1.61. The molecule has 0 bridgehead atoms. The SMILES string of the molecule is OC(Cc1cccnc1)C1CC1c1ccccc1. The van der Waals surface area contributed by atoms with Crippen molar-refractivity contribution < 1.29 is 5.11 Å². The lowest BCUT2D eigenvalue weighted by molar-refractivity contribution is 0.149. The summed E-state index contributed by atoms with van der Waals surface area (Å²) >= 11 is 0. The van der Waals surface area contributed by atoms with Crippen LogP contribution in [0.25, 0.3) is 0 Å². The molecule has 0 aliphatic heterocycles. The zero-order valence-corrected chi connectivity index (χ0v) is 10.2. The fourth-order valence-electron chi connectivity index (χ4n) is 2.64. The molecule has 2 nitrogen and oxygen atoms in total. The number of pyridine rings is 1. The average molecular weight is 239 g/mol. The third-order valence-corrected chi connectivity index (χ3v) is 3.73. The van der Waals surface area contributed by atoms with Crippen LogP contribution in [0, 0.1) is 5.92 Å². The predicted octanol–water partition coefficient (Wildman–Crippen LogP) is 2.79. The van der Waals surface area contributed by atoms with E-state index in [-0.39, 0.29) is 6.10 Å². The second kappa shape index (κ2) is 4.91. The first-order valence-corrected chi connectivity index (χ1v) is 6.46. The van der Waals surface area contributed by atoms with Crippen LogP contribution >= 0.6 is 0 Å². The number of rotatable bonds is 4. The summed E-state index contributed by atoms with van der Waals surface area (Å²) < 4.78 is 0. The quantitative estimate of drug-likeness (QED) is 0.890. The molecule has 2 heteroatoms. The zero-order valence-electron chi connectivity index (χ0n) is 10.2. The molecule has 3 atom stereocenters. The summed E-state index contributed by atoms with van der Waals surface area (Å²) in [4.78, 5) is 4.08. The second-order valence-electron chi connectivity index (χ2n) is 5.05. The molecule has 0 radical (unpaired) electrons. The van der Waals surface area contributed by atoms with E-state index in [9.17, 15) is 5.11 Å². The smallest absolute Gasteiger partial charge is 0.0615 e. The Kier molecular flexibility index (Phi) is 3.11. The predicted molar refractivity (Wildman–Crippen MR) is 71.2 cm³/mol. The molecule has 1 fully saturated rings. The Hall–Kier alpha value is -1.67. The maximum absolute atomic E-state index is 10.2. The monoisotopic (exact) mass is 239 g/mol. The van der Waals surface area contributed by atoms with Crippen molar-refractivity contribution in [3.8, 4) is 0 Å². The van der Waals surface area contributed by atoms with Gasteiger partial charge < -0.3 is 5.11 Å². The molecular weight excluding hydrogens is 222 g/mol. The Morgan fingerprint density at radius 1 is 1.17 bits per heavy atom. The van der Waals surface area contributed by atoms with E-state index in [0.29, 0.717) is 18.3 Å². The minimum Gasteiger partial charge on any atom is -0.392 e. The summed E-state index contributed by atoms with van der Waals surface area (Å²) in [6.07, 6.45) is 5.16. The van der Waals surface area contributed by atoms with Crippen molar-refractivity contribution in [1.29, 1.82) is 0 Å². The summed E-state index contributed by atoms with van der Waals surface area (Å²) in [6, 6.07) is 14.4. The number of hydrogen-bond donors (Lipinski definition) is 1. The highest BCUT2D eigenvalue weighted by atomic mass is 16.3. The van der Waals surface area contributed by atoms with Crippen molar-refractivity contribution in [3.63, 3.8) is 0 Å². The van der Waals surface area contributed by atoms with Gasteiger partial charge in [0.1, 0.15) is 0 Å². The molecule has 1 aliphatic carbocycles.